The highest BCUT2D eigenvalue weighted by Crippen LogP contribution is 2.23. The van der Waals surface area contributed by atoms with Gasteiger partial charge in [0, 0.05) is 32.5 Å². The van der Waals surface area contributed by atoms with Crippen LogP contribution in [0.1, 0.15) is 11.3 Å². The smallest absolute Gasteiger partial charge is 0.265 e. The molecule has 5 nitrogen and oxygen atoms in total. The molecule has 1 aromatic carbocycles. The highest BCUT2D eigenvalue weighted by Gasteiger charge is 2.23. The molecule has 0 amide bonds. The minimum absolute atomic E-state index is 0.254. The molecule has 0 atom stereocenters. The molecular formula is C14H19N3O2S. The molecule has 20 heavy (non-hydrogen) atoms. The number of anilines is 1. The highest BCUT2D eigenvalue weighted by atomic mass is 32.2. The van der Waals surface area contributed by atoms with Crippen molar-refractivity contribution in [3.8, 4) is 0 Å². The van der Waals surface area contributed by atoms with E-state index in [1.54, 1.807) is 37.0 Å². The predicted molar refractivity (Wildman–Crippen MR) is 80.1 cm³/mol. The van der Waals surface area contributed by atoms with Crippen LogP contribution in [0.2, 0.25) is 0 Å². The molecule has 0 unspecified atom stereocenters. The van der Waals surface area contributed by atoms with Gasteiger partial charge in [-0.05, 0) is 30.7 Å². The fourth-order valence-corrected chi connectivity index (χ4v) is 3.33. The number of nitrogens with two attached hydrogens (primary N) is 1. The third kappa shape index (κ3) is 2.57. The van der Waals surface area contributed by atoms with E-state index in [0.29, 0.717) is 12.2 Å². The first-order valence-electron chi connectivity index (χ1n) is 6.27. The molecule has 0 aliphatic heterocycles. The first kappa shape index (κ1) is 14.6. The molecule has 0 aliphatic carbocycles. The zero-order valence-electron chi connectivity index (χ0n) is 11.9. The lowest BCUT2D eigenvalue weighted by molar-refractivity contribution is 0.594. The molecule has 108 valence electrons. The Kier molecular flexibility index (Phi) is 3.87. The molecule has 0 fully saturated rings. The van der Waals surface area contributed by atoms with Crippen molar-refractivity contribution in [2.24, 2.45) is 12.8 Å². The number of sulfonamides is 1. The van der Waals surface area contributed by atoms with Gasteiger partial charge in [0.2, 0.25) is 0 Å². The van der Waals surface area contributed by atoms with Gasteiger partial charge >= 0.3 is 0 Å². The van der Waals surface area contributed by atoms with E-state index in [-0.39, 0.29) is 4.90 Å². The zero-order chi connectivity index (χ0) is 14.9. The maximum Gasteiger partial charge on any atom is 0.265 e. The monoisotopic (exact) mass is 293 g/mol. The van der Waals surface area contributed by atoms with Gasteiger partial charge in [0.25, 0.3) is 10.0 Å². The molecule has 0 aliphatic rings. The Bertz CT molecular complexity index is 720. The predicted octanol–water partition coefficient (Wildman–Crippen LogP) is 1.62. The van der Waals surface area contributed by atoms with E-state index in [0.717, 1.165) is 11.3 Å². The molecule has 0 saturated carbocycles. The van der Waals surface area contributed by atoms with Gasteiger partial charge in [0.15, 0.2) is 0 Å². The average Bonchev–Trinajstić information content (AvgIpc) is 2.79. The largest absolute Gasteiger partial charge is 0.352 e. The van der Waals surface area contributed by atoms with Crippen molar-refractivity contribution >= 4 is 15.7 Å². The van der Waals surface area contributed by atoms with E-state index in [2.05, 4.69) is 0 Å². The van der Waals surface area contributed by atoms with Crippen molar-refractivity contribution in [2.45, 2.75) is 18.4 Å². The molecule has 2 N–H and O–H groups in total. The summed E-state index contributed by atoms with van der Waals surface area (Å²) in [6.45, 7) is 2.24. The minimum Gasteiger partial charge on any atom is -0.352 e. The molecule has 0 spiro atoms. The van der Waals surface area contributed by atoms with E-state index in [1.165, 1.54) is 4.31 Å². The normalized spacial score (nSPS) is 11.6. The van der Waals surface area contributed by atoms with Crippen molar-refractivity contribution < 1.29 is 8.42 Å². The SMILES string of the molecule is Cc1cccc(N(C)S(=O)(=O)c2cc(CN)n(C)c2)c1. The quantitative estimate of drug-likeness (QED) is 0.931. The fraction of sp³-hybridized carbons (Fsp3) is 0.286. The van der Waals surface area contributed by atoms with Gasteiger partial charge < -0.3 is 10.3 Å². The van der Waals surface area contributed by atoms with Crippen LogP contribution >= 0.6 is 0 Å². The lowest BCUT2D eigenvalue weighted by Gasteiger charge is -2.19. The summed E-state index contributed by atoms with van der Waals surface area (Å²) < 4.78 is 28.2. The van der Waals surface area contributed by atoms with Crippen molar-refractivity contribution in [1.82, 2.24) is 4.57 Å². The summed E-state index contributed by atoms with van der Waals surface area (Å²) in [5.41, 5.74) is 8.02. The summed E-state index contributed by atoms with van der Waals surface area (Å²) in [7, 11) is -0.223. The van der Waals surface area contributed by atoms with E-state index in [9.17, 15) is 8.42 Å². The molecule has 1 heterocycles. The minimum atomic E-state index is -3.56. The molecule has 0 bridgehead atoms. The Hall–Kier alpha value is -1.79. The molecule has 2 rings (SSSR count). The third-order valence-corrected chi connectivity index (χ3v) is 5.07. The van der Waals surface area contributed by atoms with Crippen LogP contribution in [0.4, 0.5) is 5.69 Å². The van der Waals surface area contributed by atoms with Crippen LogP contribution in [0.15, 0.2) is 41.4 Å². The Balaban J connectivity index is 2.43. The summed E-state index contributed by atoms with van der Waals surface area (Å²) in [5.74, 6) is 0. The van der Waals surface area contributed by atoms with E-state index in [4.69, 9.17) is 5.73 Å². The van der Waals surface area contributed by atoms with Gasteiger partial charge in [-0.25, -0.2) is 8.42 Å². The number of rotatable bonds is 4. The third-order valence-electron chi connectivity index (χ3n) is 3.32. The molecular weight excluding hydrogens is 274 g/mol. The van der Waals surface area contributed by atoms with E-state index < -0.39 is 10.0 Å². The van der Waals surface area contributed by atoms with Gasteiger partial charge in [0.1, 0.15) is 4.90 Å². The number of aryl methyl sites for hydroxylation is 2. The van der Waals surface area contributed by atoms with E-state index in [1.807, 2.05) is 25.1 Å². The number of hydrogen-bond acceptors (Lipinski definition) is 3. The summed E-state index contributed by atoms with van der Waals surface area (Å²) in [5, 5.41) is 0. The maximum absolute atomic E-state index is 12.6. The van der Waals surface area contributed by atoms with Crippen LogP contribution in [0.3, 0.4) is 0 Å². The van der Waals surface area contributed by atoms with Crippen LogP contribution in [-0.2, 0) is 23.6 Å². The Morgan fingerprint density at radius 1 is 1.30 bits per heavy atom. The maximum atomic E-state index is 12.6. The average molecular weight is 293 g/mol. The van der Waals surface area contributed by atoms with Crippen molar-refractivity contribution in [1.29, 1.82) is 0 Å². The number of aromatic nitrogens is 1. The zero-order valence-corrected chi connectivity index (χ0v) is 12.7. The summed E-state index contributed by atoms with van der Waals surface area (Å²) in [4.78, 5) is 0.254. The van der Waals surface area contributed by atoms with Gasteiger partial charge in [-0.2, -0.15) is 0 Å². The second-order valence-corrected chi connectivity index (χ2v) is 6.76. The molecule has 1 aromatic heterocycles. The van der Waals surface area contributed by atoms with Crippen molar-refractivity contribution in [3.05, 3.63) is 47.8 Å². The summed E-state index contributed by atoms with van der Waals surface area (Å²) in [6.07, 6.45) is 1.59. The molecule has 2 aromatic rings. The second-order valence-electron chi connectivity index (χ2n) is 4.79. The highest BCUT2D eigenvalue weighted by molar-refractivity contribution is 7.92. The van der Waals surface area contributed by atoms with Crippen LogP contribution in [-0.4, -0.2) is 20.0 Å². The molecule has 0 radical (unpaired) electrons. The number of benzene rings is 1. The Labute approximate surface area is 119 Å². The first-order valence-corrected chi connectivity index (χ1v) is 7.71. The summed E-state index contributed by atoms with van der Waals surface area (Å²) in [6, 6.07) is 9.00. The fourth-order valence-electron chi connectivity index (χ4n) is 2.04. The molecule has 0 saturated heterocycles. The van der Waals surface area contributed by atoms with Crippen LogP contribution in [0.5, 0.6) is 0 Å². The van der Waals surface area contributed by atoms with Crippen molar-refractivity contribution in [2.75, 3.05) is 11.4 Å². The van der Waals surface area contributed by atoms with Gasteiger partial charge in [-0.15, -0.1) is 0 Å². The van der Waals surface area contributed by atoms with Gasteiger partial charge in [0.05, 0.1) is 5.69 Å². The number of nitrogens with zero attached hydrogens (tertiary/aromatic N) is 2. The first-order chi connectivity index (χ1) is 9.36. The lowest BCUT2D eigenvalue weighted by atomic mass is 10.2. The topological polar surface area (TPSA) is 68.3 Å². The van der Waals surface area contributed by atoms with Gasteiger partial charge in [-0.1, -0.05) is 12.1 Å². The van der Waals surface area contributed by atoms with Crippen LogP contribution < -0.4 is 10.0 Å². The van der Waals surface area contributed by atoms with Crippen LogP contribution in [0.25, 0.3) is 0 Å². The Morgan fingerprint density at radius 2 is 2.00 bits per heavy atom. The van der Waals surface area contributed by atoms with E-state index >= 15 is 0 Å². The van der Waals surface area contributed by atoms with Crippen molar-refractivity contribution in [3.63, 3.8) is 0 Å². The second kappa shape index (κ2) is 5.30. The number of hydrogen-bond donors (Lipinski definition) is 1. The molecule has 6 heteroatoms. The standard InChI is InChI=1S/C14H19N3O2S/c1-11-5-4-6-12(7-11)17(3)20(18,19)14-8-13(9-15)16(2)10-14/h4-8,10H,9,15H2,1-3H3. The summed E-state index contributed by atoms with van der Waals surface area (Å²) >= 11 is 0. The van der Waals surface area contributed by atoms with Gasteiger partial charge in [-0.3, -0.25) is 4.31 Å². The van der Waals surface area contributed by atoms with Crippen LogP contribution in [0, 0.1) is 6.92 Å². The Morgan fingerprint density at radius 3 is 2.55 bits per heavy atom. The lowest BCUT2D eigenvalue weighted by Crippen LogP contribution is -2.26.